The van der Waals surface area contributed by atoms with Crippen molar-refractivity contribution in [2.24, 2.45) is 0 Å². The van der Waals surface area contributed by atoms with E-state index in [9.17, 15) is 4.79 Å². The van der Waals surface area contributed by atoms with Gasteiger partial charge in [-0.1, -0.05) is 41.4 Å². The zero-order valence-corrected chi connectivity index (χ0v) is 11.8. The van der Waals surface area contributed by atoms with Gasteiger partial charge in [0.15, 0.2) is 0 Å². The Bertz CT molecular complexity index is 656. The molecule has 1 amide bonds. The highest BCUT2D eigenvalue weighted by molar-refractivity contribution is 6.33. The molecule has 0 radical (unpaired) electrons. The van der Waals surface area contributed by atoms with Crippen LogP contribution in [0, 0.1) is 0 Å². The fourth-order valence-corrected chi connectivity index (χ4v) is 2.58. The Balaban J connectivity index is 1.80. The summed E-state index contributed by atoms with van der Waals surface area (Å²) in [4.78, 5) is 16.0. The second-order valence-corrected chi connectivity index (χ2v) is 5.15. The number of nitrogens with zero attached hydrogens (tertiary/aromatic N) is 1. The van der Waals surface area contributed by atoms with Crippen LogP contribution in [0.4, 0.5) is 0 Å². The quantitative estimate of drug-likeness (QED) is 0.866. The lowest BCUT2D eigenvalue weighted by molar-refractivity contribution is 0.0930. The highest BCUT2D eigenvalue weighted by atomic mass is 35.5. The number of benzene rings is 1. The van der Waals surface area contributed by atoms with Crippen molar-refractivity contribution in [2.75, 3.05) is 6.61 Å². The van der Waals surface area contributed by atoms with Gasteiger partial charge in [-0.15, -0.1) is 0 Å². The van der Waals surface area contributed by atoms with E-state index < -0.39 is 0 Å². The molecule has 1 aliphatic heterocycles. The van der Waals surface area contributed by atoms with E-state index in [2.05, 4.69) is 10.3 Å². The Morgan fingerprint density at radius 1 is 1.25 bits per heavy atom. The standard InChI is InChI=1S/C14H10Cl2N2O2/c15-12-5-8(6-13(16)18-12)14(19)17-10-7-20-11-4-2-1-3-9(10)11/h1-6,10H,7H2,(H,17,19). The number of amides is 1. The minimum absolute atomic E-state index is 0.176. The Kier molecular flexibility index (Phi) is 3.51. The maximum absolute atomic E-state index is 12.2. The van der Waals surface area contributed by atoms with Crippen molar-refractivity contribution in [3.63, 3.8) is 0 Å². The molecular formula is C14H10Cl2N2O2. The van der Waals surface area contributed by atoms with E-state index in [-0.39, 0.29) is 22.3 Å². The van der Waals surface area contributed by atoms with Gasteiger partial charge in [-0.2, -0.15) is 0 Å². The molecular weight excluding hydrogens is 299 g/mol. The number of para-hydroxylation sites is 1. The van der Waals surface area contributed by atoms with Crippen molar-refractivity contribution in [2.45, 2.75) is 6.04 Å². The summed E-state index contributed by atoms with van der Waals surface area (Å²) in [6.45, 7) is 0.414. The smallest absolute Gasteiger partial charge is 0.252 e. The Morgan fingerprint density at radius 2 is 1.95 bits per heavy atom. The number of pyridine rings is 1. The van der Waals surface area contributed by atoms with Gasteiger partial charge in [-0.05, 0) is 18.2 Å². The van der Waals surface area contributed by atoms with Crippen molar-refractivity contribution in [1.82, 2.24) is 10.3 Å². The van der Waals surface area contributed by atoms with Crippen LogP contribution in [0.3, 0.4) is 0 Å². The predicted molar refractivity (Wildman–Crippen MR) is 76.4 cm³/mol. The lowest BCUT2D eigenvalue weighted by atomic mass is 10.1. The molecule has 0 fully saturated rings. The van der Waals surface area contributed by atoms with Crippen LogP contribution >= 0.6 is 23.2 Å². The first-order valence-corrected chi connectivity index (χ1v) is 6.75. The van der Waals surface area contributed by atoms with E-state index in [0.717, 1.165) is 11.3 Å². The van der Waals surface area contributed by atoms with E-state index in [1.807, 2.05) is 24.3 Å². The van der Waals surface area contributed by atoms with Crippen molar-refractivity contribution in [3.05, 3.63) is 57.8 Å². The number of fused-ring (bicyclic) bond motifs is 1. The van der Waals surface area contributed by atoms with Crippen LogP contribution in [0.25, 0.3) is 0 Å². The minimum atomic E-state index is -0.262. The molecule has 1 aliphatic rings. The molecule has 0 bridgehead atoms. The van der Waals surface area contributed by atoms with Gasteiger partial charge in [0.05, 0.1) is 6.04 Å². The van der Waals surface area contributed by atoms with Crippen molar-refractivity contribution < 1.29 is 9.53 Å². The number of carbonyl (C=O) groups is 1. The highest BCUT2D eigenvalue weighted by Gasteiger charge is 2.25. The van der Waals surface area contributed by atoms with Crippen LogP contribution in [0.2, 0.25) is 10.3 Å². The minimum Gasteiger partial charge on any atom is -0.491 e. The third-order valence-corrected chi connectivity index (χ3v) is 3.42. The SMILES string of the molecule is O=C(NC1COc2ccccc21)c1cc(Cl)nc(Cl)c1. The summed E-state index contributed by atoms with van der Waals surface area (Å²) >= 11 is 11.6. The molecule has 1 atom stereocenters. The number of nitrogens with one attached hydrogen (secondary N) is 1. The van der Waals surface area contributed by atoms with E-state index in [4.69, 9.17) is 27.9 Å². The molecule has 1 aromatic heterocycles. The summed E-state index contributed by atoms with van der Waals surface area (Å²) in [5, 5.41) is 3.27. The van der Waals surface area contributed by atoms with Gasteiger partial charge in [0.25, 0.3) is 5.91 Å². The Hall–Kier alpha value is -1.78. The summed E-state index contributed by atoms with van der Waals surface area (Å²) in [6, 6.07) is 10.4. The first-order chi connectivity index (χ1) is 9.63. The molecule has 0 saturated heterocycles. The van der Waals surface area contributed by atoms with Crippen molar-refractivity contribution >= 4 is 29.1 Å². The fraction of sp³-hybridized carbons (Fsp3) is 0.143. The van der Waals surface area contributed by atoms with Crippen LogP contribution in [-0.4, -0.2) is 17.5 Å². The number of carbonyl (C=O) groups excluding carboxylic acids is 1. The lowest BCUT2D eigenvalue weighted by Gasteiger charge is -2.12. The third kappa shape index (κ3) is 2.57. The number of ether oxygens (including phenoxy) is 1. The van der Waals surface area contributed by atoms with E-state index in [1.165, 1.54) is 12.1 Å². The molecule has 1 N–H and O–H groups in total. The molecule has 3 rings (SSSR count). The average molecular weight is 309 g/mol. The number of rotatable bonds is 2. The van der Waals surface area contributed by atoms with Gasteiger partial charge >= 0.3 is 0 Å². The predicted octanol–water partition coefficient (Wildman–Crippen LogP) is 3.25. The molecule has 0 aliphatic carbocycles. The number of aromatic nitrogens is 1. The second kappa shape index (κ2) is 5.31. The molecule has 1 unspecified atom stereocenters. The molecule has 1 aromatic carbocycles. The molecule has 0 saturated carbocycles. The summed E-state index contributed by atoms with van der Waals surface area (Å²) in [5.41, 5.74) is 1.34. The highest BCUT2D eigenvalue weighted by Crippen LogP contribution is 2.31. The van der Waals surface area contributed by atoms with E-state index in [1.54, 1.807) is 0 Å². The molecule has 102 valence electrons. The third-order valence-electron chi connectivity index (χ3n) is 3.03. The molecule has 0 spiro atoms. The van der Waals surface area contributed by atoms with Crippen molar-refractivity contribution in [3.8, 4) is 5.75 Å². The van der Waals surface area contributed by atoms with Gasteiger partial charge in [-0.25, -0.2) is 4.98 Å². The largest absolute Gasteiger partial charge is 0.491 e. The zero-order valence-electron chi connectivity index (χ0n) is 10.3. The van der Waals surface area contributed by atoms with Crippen molar-refractivity contribution in [1.29, 1.82) is 0 Å². The van der Waals surface area contributed by atoms with Gasteiger partial charge in [-0.3, -0.25) is 4.79 Å². The maximum Gasteiger partial charge on any atom is 0.252 e. The van der Waals surface area contributed by atoms with Gasteiger partial charge in [0, 0.05) is 11.1 Å². The Morgan fingerprint density at radius 3 is 2.70 bits per heavy atom. The van der Waals surface area contributed by atoms with Gasteiger partial charge in [0.2, 0.25) is 0 Å². The van der Waals surface area contributed by atoms with Gasteiger partial charge < -0.3 is 10.1 Å². The molecule has 20 heavy (non-hydrogen) atoms. The van der Waals surface area contributed by atoms with Crippen LogP contribution in [0.15, 0.2) is 36.4 Å². The first-order valence-electron chi connectivity index (χ1n) is 5.99. The number of hydrogen-bond acceptors (Lipinski definition) is 3. The Labute approximate surface area is 125 Å². The number of hydrogen-bond donors (Lipinski definition) is 1. The first kappa shape index (κ1) is 13.2. The number of halogens is 2. The lowest BCUT2D eigenvalue weighted by Crippen LogP contribution is -2.29. The van der Waals surface area contributed by atoms with Crippen LogP contribution in [-0.2, 0) is 0 Å². The summed E-state index contributed by atoms with van der Waals surface area (Å²) < 4.78 is 5.52. The van der Waals surface area contributed by atoms with Crippen LogP contribution in [0.1, 0.15) is 22.0 Å². The monoisotopic (exact) mass is 308 g/mol. The zero-order chi connectivity index (χ0) is 14.1. The molecule has 2 aromatic rings. The van der Waals surface area contributed by atoms with Gasteiger partial charge in [0.1, 0.15) is 22.7 Å². The van der Waals surface area contributed by atoms with Crippen LogP contribution in [0.5, 0.6) is 5.75 Å². The maximum atomic E-state index is 12.2. The summed E-state index contributed by atoms with van der Waals surface area (Å²) in [7, 11) is 0. The topological polar surface area (TPSA) is 51.2 Å². The van der Waals surface area contributed by atoms with Crippen LogP contribution < -0.4 is 10.1 Å². The van der Waals surface area contributed by atoms with E-state index >= 15 is 0 Å². The summed E-state index contributed by atoms with van der Waals surface area (Å²) in [5.74, 6) is 0.532. The summed E-state index contributed by atoms with van der Waals surface area (Å²) in [6.07, 6.45) is 0. The molecule has 4 nitrogen and oxygen atoms in total. The fourth-order valence-electron chi connectivity index (χ4n) is 2.12. The van der Waals surface area contributed by atoms with E-state index in [0.29, 0.717) is 12.2 Å². The molecule has 2 heterocycles. The second-order valence-electron chi connectivity index (χ2n) is 4.38. The molecule has 6 heteroatoms. The normalized spacial score (nSPS) is 16.4. The average Bonchev–Trinajstić information content (AvgIpc) is 2.81.